The van der Waals surface area contributed by atoms with Crippen molar-refractivity contribution in [1.29, 1.82) is 0 Å². The van der Waals surface area contributed by atoms with Crippen molar-refractivity contribution in [2.75, 3.05) is 12.0 Å². The minimum absolute atomic E-state index is 0.0123. The van der Waals surface area contributed by atoms with Crippen LogP contribution in [0.2, 0.25) is 0 Å². The number of rotatable bonds is 7. The molecule has 0 bridgehead atoms. The molecular weight excluding hydrogens is 256 g/mol. The molecule has 0 radical (unpaired) electrons. The number of hydrogen-bond acceptors (Lipinski definition) is 5. The molecule has 6 heteroatoms. The number of hydrazine groups is 1. The Bertz CT molecular complexity index is 460. The van der Waals surface area contributed by atoms with E-state index in [2.05, 4.69) is 38.0 Å². The van der Waals surface area contributed by atoms with Gasteiger partial charge in [-0.2, -0.15) is 0 Å². The predicted molar refractivity (Wildman–Crippen MR) is 81.3 cm³/mol. The minimum Gasteiger partial charge on any atom is -0.318 e. The van der Waals surface area contributed by atoms with Crippen molar-refractivity contribution in [3.8, 4) is 0 Å². The average Bonchev–Trinajstić information content (AvgIpc) is 2.36. The molecule has 1 aromatic carbocycles. The van der Waals surface area contributed by atoms with E-state index >= 15 is 0 Å². The standard InChI is InChI=1S/C14H24N4O2/c1-10(2)8-17(11(3)4)9-12-6-5-7-13(18(19)20)14(12)16-15/h5-7,10-11,16H,8-9,15H2,1-4H3. The molecule has 0 saturated heterocycles. The van der Waals surface area contributed by atoms with Crippen LogP contribution in [-0.2, 0) is 6.54 Å². The van der Waals surface area contributed by atoms with E-state index in [-0.39, 0.29) is 5.69 Å². The highest BCUT2D eigenvalue weighted by Gasteiger charge is 2.19. The van der Waals surface area contributed by atoms with Crippen molar-refractivity contribution in [2.45, 2.75) is 40.3 Å². The molecule has 0 amide bonds. The van der Waals surface area contributed by atoms with Crippen LogP contribution < -0.4 is 11.3 Å². The second kappa shape index (κ2) is 7.21. The van der Waals surface area contributed by atoms with Crippen molar-refractivity contribution in [1.82, 2.24) is 4.90 Å². The minimum atomic E-state index is -0.416. The summed E-state index contributed by atoms with van der Waals surface area (Å²) in [5, 5.41) is 11.0. The first kappa shape index (κ1) is 16.4. The zero-order chi connectivity index (χ0) is 15.3. The topological polar surface area (TPSA) is 84.4 Å². The monoisotopic (exact) mass is 280 g/mol. The molecule has 0 fully saturated rings. The summed E-state index contributed by atoms with van der Waals surface area (Å²) in [4.78, 5) is 12.9. The number of nitro benzene ring substituents is 1. The number of nitrogen functional groups attached to an aromatic ring is 1. The van der Waals surface area contributed by atoms with Crippen molar-refractivity contribution < 1.29 is 4.92 Å². The average molecular weight is 280 g/mol. The van der Waals surface area contributed by atoms with Gasteiger partial charge in [0, 0.05) is 25.2 Å². The highest BCUT2D eigenvalue weighted by atomic mass is 16.6. The maximum absolute atomic E-state index is 11.0. The SMILES string of the molecule is CC(C)CN(Cc1cccc([N+](=O)[O-])c1NN)C(C)C. The number of nitrogens with one attached hydrogen (secondary N) is 1. The molecular formula is C14H24N4O2. The summed E-state index contributed by atoms with van der Waals surface area (Å²) in [6.45, 7) is 10.1. The van der Waals surface area contributed by atoms with Gasteiger partial charge in [-0.3, -0.25) is 20.9 Å². The van der Waals surface area contributed by atoms with E-state index in [9.17, 15) is 10.1 Å². The fraction of sp³-hybridized carbons (Fsp3) is 0.571. The first-order valence-corrected chi connectivity index (χ1v) is 6.83. The van der Waals surface area contributed by atoms with Crippen LogP contribution in [-0.4, -0.2) is 22.4 Å². The molecule has 112 valence electrons. The quantitative estimate of drug-likeness (QED) is 0.456. The van der Waals surface area contributed by atoms with Crippen LogP contribution in [0.25, 0.3) is 0 Å². The van der Waals surface area contributed by atoms with E-state index in [0.29, 0.717) is 24.2 Å². The zero-order valence-electron chi connectivity index (χ0n) is 12.6. The van der Waals surface area contributed by atoms with E-state index in [1.165, 1.54) is 6.07 Å². The van der Waals surface area contributed by atoms with Gasteiger partial charge in [0.05, 0.1) is 4.92 Å². The predicted octanol–water partition coefficient (Wildman–Crippen LogP) is 2.75. The molecule has 0 unspecified atom stereocenters. The van der Waals surface area contributed by atoms with Crippen LogP contribution in [0.15, 0.2) is 18.2 Å². The summed E-state index contributed by atoms with van der Waals surface area (Å²) in [5.41, 5.74) is 3.73. The molecule has 1 rings (SSSR count). The fourth-order valence-corrected chi connectivity index (χ4v) is 2.18. The molecule has 0 heterocycles. The molecule has 0 aliphatic carbocycles. The van der Waals surface area contributed by atoms with Gasteiger partial charge >= 0.3 is 0 Å². The second-order valence-electron chi connectivity index (χ2n) is 5.63. The molecule has 0 spiro atoms. The number of hydrogen-bond donors (Lipinski definition) is 2. The third-order valence-corrected chi connectivity index (χ3v) is 3.17. The highest BCUT2D eigenvalue weighted by Crippen LogP contribution is 2.28. The van der Waals surface area contributed by atoms with Gasteiger partial charge in [0.15, 0.2) is 0 Å². The Labute approximate surface area is 120 Å². The van der Waals surface area contributed by atoms with Gasteiger partial charge in [0.2, 0.25) is 0 Å². The largest absolute Gasteiger partial charge is 0.318 e. The molecule has 0 aromatic heterocycles. The molecule has 1 aromatic rings. The Hall–Kier alpha value is -1.66. The van der Waals surface area contributed by atoms with Crippen molar-refractivity contribution in [3.05, 3.63) is 33.9 Å². The van der Waals surface area contributed by atoms with Crippen LogP contribution in [0.5, 0.6) is 0 Å². The molecule has 20 heavy (non-hydrogen) atoms. The zero-order valence-corrected chi connectivity index (χ0v) is 12.6. The molecule has 0 aliphatic rings. The van der Waals surface area contributed by atoms with Gasteiger partial charge in [-0.15, -0.1) is 0 Å². The first-order valence-electron chi connectivity index (χ1n) is 6.83. The summed E-state index contributed by atoms with van der Waals surface area (Å²) < 4.78 is 0. The smallest absolute Gasteiger partial charge is 0.293 e. The summed E-state index contributed by atoms with van der Waals surface area (Å²) in [6.07, 6.45) is 0. The number of benzene rings is 1. The Morgan fingerprint density at radius 1 is 1.35 bits per heavy atom. The third-order valence-electron chi connectivity index (χ3n) is 3.17. The fourth-order valence-electron chi connectivity index (χ4n) is 2.18. The van der Waals surface area contributed by atoms with E-state index in [0.717, 1.165) is 12.1 Å². The Kier molecular flexibility index (Phi) is 5.91. The normalized spacial score (nSPS) is 11.4. The molecule has 6 nitrogen and oxygen atoms in total. The summed E-state index contributed by atoms with van der Waals surface area (Å²) >= 11 is 0. The third kappa shape index (κ3) is 4.18. The number of nitrogens with zero attached hydrogens (tertiary/aromatic N) is 2. The van der Waals surface area contributed by atoms with Gasteiger partial charge in [0.1, 0.15) is 5.69 Å². The number of nitro groups is 1. The van der Waals surface area contributed by atoms with Gasteiger partial charge in [0.25, 0.3) is 5.69 Å². The lowest BCUT2D eigenvalue weighted by atomic mass is 10.1. The van der Waals surface area contributed by atoms with Crippen molar-refractivity contribution >= 4 is 11.4 Å². The lowest BCUT2D eigenvalue weighted by molar-refractivity contribution is -0.384. The lowest BCUT2D eigenvalue weighted by Crippen LogP contribution is -2.34. The van der Waals surface area contributed by atoms with E-state index in [1.54, 1.807) is 6.07 Å². The van der Waals surface area contributed by atoms with Crippen molar-refractivity contribution in [2.24, 2.45) is 11.8 Å². The maximum Gasteiger partial charge on any atom is 0.293 e. The Morgan fingerprint density at radius 3 is 2.45 bits per heavy atom. The Morgan fingerprint density at radius 2 is 2.00 bits per heavy atom. The summed E-state index contributed by atoms with van der Waals surface area (Å²) in [6, 6.07) is 5.39. The van der Waals surface area contributed by atoms with Crippen LogP contribution >= 0.6 is 0 Å². The molecule has 3 N–H and O–H groups in total. The van der Waals surface area contributed by atoms with Gasteiger partial charge < -0.3 is 5.43 Å². The van der Waals surface area contributed by atoms with Gasteiger partial charge in [-0.25, -0.2) is 0 Å². The van der Waals surface area contributed by atoms with E-state index in [4.69, 9.17) is 5.84 Å². The van der Waals surface area contributed by atoms with Gasteiger partial charge in [-0.1, -0.05) is 26.0 Å². The van der Waals surface area contributed by atoms with Gasteiger partial charge in [-0.05, 0) is 25.3 Å². The molecule has 0 atom stereocenters. The van der Waals surface area contributed by atoms with Crippen LogP contribution in [0, 0.1) is 16.0 Å². The summed E-state index contributed by atoms with van der Waals surface area (Å²) in [5.74, 6) is 6.00. The van der Waals surface area contributed by atoms with Crippen LogP contribution in [0.1, 0.15) is 33.3 Å². The maximum atomic E-state index is 11.0. The lowest BCUT2D eigenvalue weighted by Gasteiger charge is -2.28. The van der Waals surface area contributed by atoms with E-state index in [1.807, 2.05) is 6.07 Å². The number of para-hydroxylation sites is 1. The van der Waals surface area contributed by atoms with Crippen LogP contribution in [0.4, 0.5) is 11.4 Å². The molecule has 0 aliphatic heterocycles. The van der Waals surface area contributed by atoms with Crippen LogP contribution in [0.3, 0.4) is 0 Å². The van der Waals surface area contributed by atoms with E-state index < -0.39 is 4.92 Å². The Balaban J connectivity index is 3.06. The first-order chi connectivity index (χ1) is 9.36. The second-order valence-corrected chi connectivity index (χ2v) is 5.63. The molecule has 0 saturated carbocycles. The highest BCUT2D eigenvalue weighted by molar-refractivity contribution is 5.65. The summed E-state index contributed by atoms with van der Waals surface area (Å²) in [7, 11) is 0. The number of nitrogens with two attached hydrogens (primary N) is 1. The number of anilines is 1. The van der Waals surface area contributed by atoms with Crippen molar-refractivity contribution in [3.63, 3.8) is 0 Å².